The van der Waals surface area contributed by atoms with Crippen molar-refractivity contribution in [1.29, 1.82) is 0 Å². The van der Waals surface area contributed by atoms with Gasteiger partial charge in [0.1, 0.15) is 0 Å². The highest BCUT2D eigenvalue weighted by molar-refractivity contribution is 6.14. The number of aryl methyl sites for hydroxylation is 1. The van der Waals surface area contributed by atoms with Crippen LogP contribution in [-0.2, 0) is 13.6 Å². The van der Waals surface area contributed by atoms with Gasteiger partial charge in [-0.25, -0.2) is 9.97 Å². The molecule has 0 aliphatic rings. The minimum atomic E-state index is 0.680. The first kappa shape index (κ1) is 26.9. The van der Waals surface area contributed by atoms with E-state index in [-0.39, 0.29) is 0 Å². The summed E-state index contributed by atoms with van der Waals surface area (Å²) in [6, 6.07) is 50.7. The van der Waals surface area contributed by atoms with Crippen LogP contribution in [0.2, 0.25) is 0 Å². The normalized spacial score (nSPS) is 11.9. The predicted molar refractivity (Wildman–Crippen MR) is 200 cm³/mol. The molecule has 4 heteroatoms. The Morgan fingerprint density at radius 2 is 1.12 bits per heavy atom. The number of para-hydroxylation sites is 1. The molecule has 0 saturated carbocycles. The fourth-order valence-corrected chi connectivity index (χ4v) is 7.78. The minimum Gasteiger partial charge on any atom is -0.333 e. The van der Waals surface area contributed by atoms with Gasteiger partial charge < -0.3 is 9.13 Å². The zero-order valence-corrected chi connectivity index (χ0v) is 26.4. The third kappa shape index (κ3) is 4.09. The van der Waals surface area contributed by atoms with Crippen LogP contribution in [0.4, 0.5) is 0 Å². The number of hydrogen-bond donors (Lipinski definition) is 0. The van der Waals surface area contributed by atoms with E-state index >= 15 is 0 Å². The Hall–Kier alpha value is -6.26. The molecule has 0 aliphatic carbocycles. The molecule has 8 aromatic carbocycles. The summed E-state index contributed by atoms with van der Waals surface area (Å²) >= 11 is 0. The lowest BCUT2D eigenvalue weighted by atomic mass is 9.93. The van der Waals surface area contributed by atoms with E-state index in [2.05, 4.69) is 156 Å². The van der Waals surface area contributed by atoms with Crippen LogP contribution in [-0.4, -0.2) is 19.1 Å². The summed E-state index contributed by atoms with van der Waals surface area (Å²) in [5, 5.41) is 10.1. The van der Waals surface area contributed by atoms with Gasteiger partial charge in [-0.2, -0.15) is 0 Å². The first-order valence-corrected chi connectivity index (χ1v) is 16.4. The smallest absolute Gasteiger partial charge is 0.0961 e. The number of imidazole rings is 2. The van der Waals surface area contributed by atoms with E-state index < -0.39 is 0 Å². The summed E-state index contributed by atoms with van der Waals surface area (Å²) in [7, 11) is 2.08. The van der Waals surface area contributed by atoms with Gasteiger partial charge >= 0.3 is 0 Å². The molecular weight excluding hydrogens is 585 g/mol. The number of hydrogen-bond acceptors (Lipinski definition) is 2. The predicted octanol–water partition coefficient (Wildman–Crippen LogP) is 10.9. The second kappa shape index (κ2) is 10.4. The van der Waals surface area contributed by atoms with E-state index in [9.17, 15) is 0 Å². The average molecular weight is 615 g/mol. The highest BCUT2D eigenvalue weighted by Gasteiger charge is 2.17. The fraction of sp³-hybridized carbons (Fsp3) is 0.0455. The third-order valence-electron chi connectivity index (χ3n) is 10.00. The lowest BCUT2D eigenvalue weighted by Crippen LogP contribution is -2.01. The molecule has 0 spiro atoms. The molecule has 10 rings (SSSR count). The Kier molecular flexibility index (Phi) is 5.82. The molecular formula is C44H30N4. The summed E-state index contributed by atoms with van der Waals surface area (Å²) in [4.78, 5) is 9.70. The molecule has 48 heavy (non-hydrogen) atoms. The Bertz CT molecular complexity index is 2890. The van der Waals surface area contributed by atoms with Gasteiger partial charge in [0, 0.05) is 24.7 Å². The SMILES string of the molecule is Cn1cnc2cc(Cn3cnc4cccc(-c5ccc6c(ccc7ccccc76)c5)c43)cc(-c3cccc4c3ccc3ccccc34)c21. The van der Waals surface area contributed by atoms with Crippen LogP contribution in [0.15, 0.2) is 152 Å². The van der Waals surface area contributed by atoms with E-state index in [0.717, 1.165) is 22.1 Å². The first-order valence-electron chi connectivity index (χ1n) is 16.4. The van der Waals surface area contributed by atoms with Gasteiger partial charge in [0.15, 0.2) is 0 Å². The van der Waals surface area contributed by atoms with Crippen molar-refractivity contribution in [3.8, 4) is 22.3 Å². The number of nitrogens with zero attached hydrogens (tertiary/aromatic N) is 4. The minimum absolute atomic E-state index is 0.680. The summed E-state index contributed by atoms with van der Waals surface area (Å²) in [6.45, 7) is 0.680. The van der Waals surface area contributed by atoms with Crippen LogP contribution in [0.3, 0.4) is 0 Å². The summed E-state index contributed by atoms with van der Waals surface area (Å²) in [6.07, 6.45) is 3.90. The lowest BCUT2D eigenvalue weighted by molar-refractivity contribution is 0.826. The highest BCUT2D eigenvalue weighted by Crippen LogP contribution is 2.38. The zero-order valence-electron chi connectivity index (χ0n) is 26.4. The van der Waals surface area contributed by atoms with E-state index in [1.54, 1.807) is 0 Å². The van der Waals surface area contributed by atoms with Crippen molar-refractivity contribution < 1.29 is 0 Å². The van der Waals surface area contributed by atoms with Crippen molar-refractivity contribution in [1.82, 2.24) is 19.1 Å². The maximum Gasteiger partial charge on any atom is 0.0961 e. The van der Waals surface area contributed by atoms with Gasteiger partial charge in [0.05, 0.1) is 34.7 Å². The second-order valence-corrected chi connectivity index (χ2v) is 12.8. The van der Waals surface area contributed by atoms with Gasteiger partial charge in [-0.3, -0.25) is 0 Å². The zero-order chi connectivity index (χ0) is 31.8. The molecule has 0 fully saturated rings. The summed E-state index contributed by atoms with van der Waals surface area (Å²) in [5.41, 5.74) is 10.2. The maximum absolute atomic E-state index is 4.86. The maximum atomic E-state index is 4.86. The molecule has 0 atom stereocenters. The van der Waals surface area contributed by atoms with Crippen LogP contribution >= 0.6 is 0 Å². The van der Waals surface area contributed by atoms with Gasteiger partial charge in [-0.05, 0) is 84.0 Å². The van der Waals surface area contributed by atoms with Crippen LogP contribution in [0.1, 0.15) is 5.56 Å². The van der Waals surface area contributed by atoms with Crippen LogP contribution < -0.4 is 0 Å². The quantitative estimate of drug-likeness (QED) is 0.185. The average Bonchev–Trinajstić information content (AvgIpc) is 3.73. The van der Waals surface area contributed by atoms with Crippen molar-refractivity contribution in [2.45, 2.75) is 6.54 Å². The van der Waals surface area contributed by atoms with E-state index in [1.165, 1.54) is 70.9 Å². The molecule has 0 bridgehead atoms. The molecule has 0 amide bonds. The van der Waals surface area contributed by atoms with Gasteiger partial charge in [-0.15, -0.1) is 0 Å². The van der Waals surface area contributed by atoms with Crippen LogP contribution in [0, 0.1) is 0 Å². The van der Waals surface area contributed by atoms with E-state index in [4.69, 9.17) is 9.97 Å². The van der Waals surface area contributed by atoms with Gasteiger partial charge in [-0.1, -0.05) is 115 Å². The Labute approximate surface area is 277 Å². The number of rotatable bonds is 4. The first-order chi connectivity index (χ1) is 23.7. The number of aromatic nitrogens is 4. The fourth-order valence-electron chi connectivity index (χ4n) is 7.78. The molecule has 0 N–H and O–H groups in total. The molecule has 0 unspecified atom stereocenters. The molecule has 0 saturated heterocycles. The van der Waals surface area contributed by atoms with Gasteiger partial charge in [0.25, 0.3) is 0 Å². The molecule has 0 aliphatic heterocycles. The molecule has 0 radical (unpaired) electrons. The molecule has 10 aromatic rings. The Morgan fingerprint density at radius 3 is 2.00 bits per heavy atom. The van der Waals surface area contributed by atoms with Crippen molar-refractivity contribution in [3.05, 3.63) is 158 Å². The Morgan fingerprint density at radius 1 is 0.458 bits per heavy atom. The van der Waals surface area contributed by atoms with E-state index in [1.807, 2.05) is 12.7 Å². The largest absolute Gasteiger partial charge is 0.333 e. The molecule has 2 aromatic heterocycles. The number of fused-ring (bicyclic) bond motifs is 8. The summed E-state index contributed by atoms with van der Waals surface area (Å²) in [5.74, 6) is 0. The van der Waals surface area contributed by atoms with Crippen molar-refractivity contribution in [2.75, 3.05) is 0 Å². The van der Waals surface area contributed by atoms with Crippen molar-refractivity contribution >= 4 is 65.2 Å². The molecule has 2 heterocycles. The molecule has 226 valence electrons. The summed E-state index contributed by atoms with van der Waals surface area (Å²) < 4.78 is 4.43. The van der Waals surface area contributed by atoms with Crippen molar-refractivity contribution in [3.63, 3.8) is 0 Å². The monoisotopic (exact) mass is 614 g/mol. The standard InChI is InChI=1S/C44H30N4/c1-47-26-45-42-23-28(22-40(43(42)47)38-14-6-13-37-34-11-5-3-9-30(34)18-21-39(37)38)25-48-27-46-41-15-7-12-36(44(41)48)32-19-20-35-31(24-32)17-16-29-8-2-4-10-33(29)35/h2-24,26-27H,25H2,1H3. The Balaban J connectivity index is 1.12. The van der Waals surface area contributed by atoms with Crippen LogP contribution in [0.5, 0.6) is 0 Å². The lowest BCUT2D eigenvalue weighted by Gasteiger charge is -2.15. The van der Waals surface area contributed by atoms with Gasteiger partial charge in [0.2, 0.25) is 0 Å². The highest BCUT2D eigenvalue weighted by atomic mass is 15.0. The van der Waals surface area contributed by atoms with E-state index in [0.29, 0.717) is 6.54 Å². The third-order valence-corrected chi connectivity index (χ3v) is 10.00. The topological polar surface area (TPSA) is 35.6 Å². The number of benzene rings is 8. The van der Waals surface area contributed by atoms with Crippen molar-refractivity contribution in [2.24, 2.45) is 7.05 Å². The second-order valence-electron chi connectivity index (χ2n) is 12.8. The molecule has 4 nitrogen and oxygen atoms in total. The van der Waals surface area contributed by atoms with Crippen LogP contribution in [0.25, 0.3) is 87.4 Å².